The molecule has 0 aliphatic rings. The zero-order chi connectivity index (χ0) is 23.3. The van der Waals surface area contributed by atoms with Gasteiger partial charge in [0.1, 0.15) is 5.75 Å². The van der Waals surface area contributed by atoms with Crippen molar-refractivity contribution >= 4 is 35.6 Å². The normalized spacial score (nSPS) is 10.9. The molecule has 0 saturated carbocycles. The van der Waals surface area contributed by atoms with E-state index in [4.69, 9.17) is 16.3 Å². The Morgan fingerprint density at radius 2 is 1.97 bits per heavy atom. The van der Waals surface area contributed by atoms with Crippen molar-refractivity contribution in [1.29, 1.82) is 0 Å². The van der Waals surface area contributed by atoms with Crippen molar-refractivity contribution in [3.63, 3.8) is 0 Å². The molecule has 9 heteroatoms. The van der Waals surface area contributed by atoms with E-state index in [1.807, 2.05) is 56.3 Å². The highest BCUT2D eigenvalue weighted by Crippen LogP contribution is 2.25. The molecule has 7 nitrogen and oxygen atoms in total. The van der Waals surface area contributed by atoms with E-state index in [0.717, 1.165) is 29.2 Å². The first-order valence-corrected chi connectivity index (χ1v) is 11.0. The van der Waals surface area contributed by atoms with Crippen LogP contribution in [0.15, 0.2) is 42.6 Å². The first kappa shape index (κ1) is 26.6. The number of nitrogens with zero attached hydrogens (tertiary/aromatic N) is 4. The Morgan fingerprint density at radius 3 is 2.61 bits per heavy atom. The summed E-state index contributed by atoms with van der Waals surface area (Å²) in [7, 11) is 3.97. The molecule has 0 unspecified atom stereocenters. The molecule has 0 aliphatic heterocycles. The topological polar surface area (TPSA) is 72.3 Å². The Hall–Kier alpha value is -2.61. The zero-order valence-corrected chi connectivity index (χ0v) is 21.2. The summed E-state index contributed by atoms with van der Waals surface area (Å²) in [6.07, 6.45) is 1.66. The van der Waals surface area contributed by atoms with Crippen LogP contribution in [0.2, 0.25) is 5.02 Å². The van der Waals surface area contributed by atoms with Crippen LogP contribution < -0.4 is 10.1 Å². The van der Waals surface area contributed by atoms with E-state index >= 15 is 0 Å². The van der Waals surface area contributed by atoms with Crippen molar-refractivity contribution in [2.75, 3.05) is 26.0 Å². The van der Waals surface area contributed by atoms with Crippen LogP contribution in [0.5, 0.6) is 5.75 Å². The Labute approximate surface area is 206 Å². The number of hydrogen-bond donors (Lipinski definition) is 1. The van der Waals surface area contributed by atoms with Gasteiger partial charge in [0.05, 0.1) is 30.7 Å². The smallest absolute Gasteiger partial charge is 0.276 e. The first-order valence-electron chi connectivity index (χ1n) is 10.6. The van der Waals surface area contributed by atoms with Crippen molar-refractivity contribution in [3.05, 3.63) is 70.3 Å². The van der Waals surface area contributed by atoms with Gasteiger partial charge in [-0.2, -0.15) is 5.10 Å². The average molecular weight is 492 g/mol. The Balaban J connectivity index is 0.00000385. The number of carbonyl (C=O) groups is 1. The van der Waals surface area contributed by atoms with E-state index in [1.54, 1.807) is 16.9 Å². The lowest BCUT2D eigenvalue weighted by molar-refractivity contribution is 0.102. The molecule has 0 atom stereocenters. The van der Waals surface area contributed by atoms with Gasteiger partial charge in [-0.3, -0.25) is 14.5 Å². The van der Waals surface area contributed by atoms with E-state index in [-0.39, 0.29) is 18.3 Å². The predicted molar refractivity (Wildman–Crippen MR) is 135 cm³/mol. The van der Waals surface area contributed by atoms with Gasteiger partial charge in [-0.1, -0.05) is 25.4 Å². The fourth-order valence-electron chi connectivity index (χ4n) is 3.12. The number of ether oxygens (including phenoxy) is 1. The fraction of sp³-hybridized carbons (Fsp3) is 0.375. The molecule has 0 spiro atoms. The summed E-state index contributed by atoms with van der Waals surface area (Å²) in [5, 5.41) is 7.99. The maximum atomic E-state index is 12.7. The first-order chi connectivity index (χ1) is 15.2. The SMILES string of the molecule is Cc1cc(C(=O)Nc2ccc(CN(C)C)nc2)nn1Cc1cc(Cl)ccc1OCC(C)C.Cl. The lowest BCUT2D eigenvalue weighted by atomic mass is 10.2. The molecule has 0 radical (unpaired) electrons. The number of halogens is 2. The van der Waals surface area contributed by atoms with Crippen LogP contribution in [0, 0.1) is 12.8 Å². The number of pyridine rings is 1. The number of amides is 1. The van der Waals surface area contributed by atoms with Crippen LogP contribution in [0.1, 0.15) is 41.3 Å². The summed E-state index contributed by atoms with van der Waals surface area (Å²) in [5.41, 5.74) is 3.68. The van der Waals surface area contributed by atoms with Crippen LogP contribution in [0.25, 0.3) is 0 Å². The van der Waals surface area contributed by atoms with Gasteiger partial charge in [0.15, 0.2) is 5.69 Å². The minimum Gasteiger partial charge on any atom is -0.493 e. The molecule has 1 amide bonds. The van der Waals surface area contributed by atoms with Crippen molar-refractivity contribution < 1.29 is 9.53 Å². The molecule has 178 valence electrons. The summed E-state index contributed by atoms with van der Waals surface area (Å²) in [5.74, 6) is 0.899. The minimum atomic E-state index is -0.281. The average Bonchev–Trinajstić information content (AvgIpc) is 3.09. The number of aryl methyl sites for hydroxylation is 1. The van der Waals surface area contributed by atoms with Gasteiger partial charge in [-0.25, -0.2) is 0 Å². The van der Waals surface area contributed by atoms with E-state index in [9.17, 15) is 4.79 Å². The van der Waals surface area contributed by atoms with E-state index < -0.39 is 0 Å². The monoisotopic (exact) mass is 491 g/mol. The van der Waals surface area contributed by atoms with Crippen molar-refractivity contribution in [1.82, 2.24) is 19.7 Å². The number of rotatable bonds is 9. The molecule has 33 heavy (non-hydrogen) atoms. The van der Waals surface area contributed by atoms with Crippen molar-refractivity contribution in [2.45, 2.75) is 33.9 Å². The molecule has 0 saturated heterocycles. The van der Waals surface area contributed by atoms with Gasteiger partial charge in [0, 0.05) is 22.8 Å². The van der Waals surface area contributed by atoms with E-state index in [1.165, 1.54) is 0 Å². The number of carbonyl (C=O) groups excluding carboxylic acids is 1. The van der Waals surface area contributed by atoms with Crippen LogP contribution in [-0.4, -0.2) is 46.3 Å². The molecule has 0 aliphatic carbocycles. The largest absolute Gasteiger partial charge is 0.493 e. The molecule has 0 bridgehead atoms. The maximum Gasteiger partial charge on any atom is 0.276 e. The molecule has 3 rings (SSSR count). The third kappa shape index (κ3) is 7.74. The number of aromatic nitrogens is 3. The maximum absolute atomic E-state index is 12.7. The number of nitrogens with one attached hydrogen (secondary N) is 1. The second-order valence-electron chi connectivity index (χ2n) is 8.52. The van der Waals surface area contributed by atoms with Crippen molar-refractivity contribution in [2.24, 2.45) is 5.92 Å². The number of anilines is 1. The lowest BCUT2D eigenvalue weighted by Gasteiger charge is -2.14. The van der Waals surface area contributed by atoms with Crippen LogP contribution in [0.3, 0.4) is 0 Å². The third-order valence-electron chi connectivity index (χ3n) is 4.69. The highest BCUT2D eigenvalue weighted by Gasteiger charge is 2.15. The lowest BCUT2D eigenvalue weighted by Crippen LogP contribution is -2.15. The standard InChI is InChI=1S/C24H30ClN5O2.ClH/c1-16(2)15-32-23-9-6-19(25)11-18(23)13-30-17(3)10-22(28-30)24(31)27-20-7-8-21(26-12-20)14-29(4)5;/h6-12,16H,13-15H2,1-5H3,(H,27,31);1H. The third-order valence-corrected chi connectivity index (χ3v) is 4.92. The minimum absolute atomic E-state index is 0. The Bertz CT molecular complexity index is 1070. The van der Waals surface area contributed by atoms with Crippen LogP contribution in [-0.2, 0) is 13.1 Å². The molecule has 3 aromatic rings. The van der Waals surface area contributed by atoms with E-state index in [2.05, 4.69) is 29.2 Å². The summed E-state index contributed by atoms with van der Waals surface area (Å²) < 4.78 is 7.72. The highest BCUT2D eigenvalue weighted by molar-refractivity contribution is 6.30. The summed E-state index contributed by atoms with van der Waals surface area (Å²) in [6, 6.07) is 11.1. The van der Waals surface area contributed by atoms with Gasteiger partial charge < -0.3 is 15.0 Å². The van der Waals surface area contributed by atoms with Gasteiger partial charge in [0.25, 0.3) is 5.91 Å². The molecule has 1 N–H and O–H groups in total. The molecule has 0 fully saturated rings. The Morgan fingerprint density at radius 1 is 1.21 bits per heavy atom. The number of hydrogen-bond acceptors (Lipinski definition) is 5. The van der Waals surface area contributed by atoms with Gasteiger partial charge in [0.2, 0.25) is 0 Å². The second kappa shape index (κ2) is 12.0. The quantitative estimate of drug-likeness (QED) is 0.452. The van der Waals surface area contributed by atoms with Gasteiger partial charge in [-0.05, 0) is 63.3 Å². The predicted octanol–water partition coefficient (Wildman–Crippen LogP) is 5.06. The number of benzene rings is 1. The Kier molecular flexibility index (Phi) is 9.70. The summed E-state index contributed by atoms with van der Waals surface area (Å²) in [4.78, 5) is 19.1. The molecular weight excluding hydrogens is 461 g/mol. The summed E-state index contributed by atoms with van der Waals surface area (Å²) >= 11 is 6.21. The molecular formula is C24H31Cl2N5O2. The zero-order valence-electron chi connectivity index (χ0n) is 19.6. The molecule has 2 aromatic heterocycles. The molecule has 2 heterocycles. The summed E-state index contributed by atoms with van der Waals surface area (Å²) in [6.45, 7) is 7.92. The van der Waals surface area contributed by atoms with Crippen molar-refractivity contribution in [3.8, 4) is 5.75 Å². The molecule has 1 aromatic carbocycles. The van der Waals surface area contributed by atoms with E-state index in [0.29, 0.717) is 35.5 Å². The second-order valence-corrected chi connectivity index (χ2v) is 8.95. The van der Waals surface area contributed by atoms with Gasteiger partial charge in [-0.15, -0.1) is 12.4 Å². The van der Waals surface area contributed by atoms with Crippen LogP contribution >= 0.6 is 24.0 Å². The van der Waals surface area contributed by atoms with Gasteiger partial charge >= 0.3 is 0 Å². The highest BCUT2D eigenvalue weighted by atomic mass is 35.5. The fourth-order valence-corrected chi connectivity index (χ4v) is 3.32. The van der Waals surface area contributed by atoms with Crippen LogP contribution in [0.4, 0.5) is 5.69 Å².